The van der Waals surface area contributed by atoms with E-state index in [0.29, 0.717) is 0 Å². The fraction of sp³-hybridized carbons (Fsp3) is 0.429. The maximum atomic E-state index is 6.61. The predicted molar refractivity (Wildman–Crippen MR) is 38.9 cm³/mol. The van der Waals surface area contributed by atoms with Crippen molar-refractivity contribution in [1.82, 2.24) is 0 Å². The van der Waals surface area contributed by atoms with E-state index >= 15 is 0 Å². The van der Waals surface area contributed by atoms with Crippen LogP contribution in [-0.4, -0.2) is 8.07 Å². The number of rotatable bonds is 0. The molecule has 0 atom stereocenters. The minimum atomic E-state index is -1.19. The Morgan fingerprint density at radius 2 is 1.88 bits per heavy atom. The van der Waals surface area contributed by atoms with Crippen molar-refractivity contribution < 1.29 is 0 Å². The molecule has 0 N–H and O–H groups in total. The summed E-state index contributed by atoms with van der Waals surface area (Å²) in [5.41, 5.74) is 3.02. The average Bonchev–Trinajstić information content (AvgIpc) is 1.59. The second-order valence-electron chi connectivity index (χ2n) is 2.66. The highest BCUT2D eigenvalue weighted by Gasteiger charge is 2.06. The quantitative estimate of drug-likeness (QED) is 0.339. The minimum Gasteiger partial charge on any atom is -0.127 e. The molecule has 0 saturated heterocycles. The molecule has 0 rings (SSSR count). The van der Waals surface area contributed by atoms with Crippen molar-refractivity contribution in [3.63, 3.8) is 0 Å². The van der Waals surface area contributed by atoms with Crippen LogP contribution in [0.2, 0.25) is 19.6 Å². The number of allylic oxidation sites excluding steroid dienone is 1. The van der Waals surface area contributed by atoms with Gasteiger partial charge < -0.3 is 0 Å². The van der Waals surface area contributed by atoms with Crippen LogP contribution in [0, 0.1) is 18.0 Å². The zero-order valence-corrected chi connectivity index (χ0v) is 6.58. The van der Waals surface area contributed by atoms with Gasteiger partial charge in [-0.05, 0) is 12.7 Å². The molecule has 0 fully saturated rings. The molecule has 0 heterocycles. The second-order valence-corrected chi connectivity index (χ2v) is 7.41. The van der Waals surface area contributed by atoms with Crippen LogP contribution in [0.15, 0.2) is 6.08 Å². The van der Waals surface area contributed by atoms with Crippen LogP contribution in [0.5, 0.6) is 0 Å². The van der Waals surface area contributed by atoms with Gasteiger partial charge in [0.2, 0.25) is 0 Å². The van der Waals surface area contributed by atoms with E-state index in [2.05, 4.69) is 31.1 Å². The molecule has 42 valence electrons. The van der Waals surface area contributed by atoms with Gasteiger partial charge in [0.05, 0.1) is 0 Å². The molecule has 8 heavy (non-hydrogen) atoms. The third kappa shape index (κ3) is 5.52. The van der Waals surface area contributed by atoms with Gasteiger partial charge in [-0.15, -0.1) is 5.54 Å². The van der Waals surface area contributed by atoms with Crippen LogP contribution in [-0.2, 0) is 0 Å². The van der Waals surface area contributed by atoms with Crippen LogP contribution in [0.1, 0.15) is 0 Å². The molecule has 0 aromatic rings. The highest BCUT2D eigenvalue weighted by atomic mass is 28.3. The number of hydrogen-bond acceptors (Lipinski definition) is 0. The second kappa shape index (κ2) is 2.73. The lowest BCUT2D eigenvalue weighted by Crippen LogP contribution is -2.16. The van der Waals surface area contributed by atoms with Crippen molar-refractivity contribution in [2.24, 2.45) is 0 Å². The van der Waals surface area contributed by atoms with Crippen LogP contribution in [0.4, 0.5) is 0 Å². The topological polar surface area (TPSA) is 0 Å². The summed E-state index contributed by atoms with van der Waals surface area (Å²) in [7, 11) is -1.19. The largest absolute Gasteiger partial charge is 0.129 e. The van der Waals surface area contributed by atoms with Gasteiger partial charge in [0, 0.05) is 0 Å². The van der Waals surface area contributed by atoms with Crippen molar-refractivity contribution in [2.45, 2.75) is 19.6 Å². The molecule has 0 saturated carbocycles. The van der Waals surface area contributed by atoms with E-state index in [1.165, 1.54) is 0 Å². The van der Waals surface area contributed by atoms with E-state index in [1.807, 2.05) is 0 Å². The van der Waals surface area contributed by atoms with Crippen molar-refractivity contribution >= 4 is 8.07 Å². The normalized spacial score (nSPS) is 9.38. The third-order valence-corrected chi connectivity index (χ3v) is 1.41. The first-order chi connectivity index (χ1) is 3.56. The van der Waals surface area contributed by atoms with E-state index in [1.54, 1.807) is 0 Å². The van der Waals surface area contributed by atoms with Gasteiger partial charge in [0.25, 0.3) is 0 Å². The lowest BCUT2D eigenvalue weighted by atomic mass is 10.7. The summed E-state index contributed by atoms with van der Waals surface area (Å²) in [5, 5.41) is 0. The predicted octanol–water partition coefficient (Wildman–Crippen LogP) is 1.73. The van der Waals surface area contributed by atoms with E-state index in [-0.39, 0.29) is 0 Å². The van der Waals surface area contributed by atoms with E-state index in [0.717, 1.165) is 6.08 Å². The molecule has 1 heteroatoms. The van der Waals surface area contributed by atoms with Crippen molar-refractivity contribution in [2.75, 3.05) is 0 Å². The lowest BCUT2D eigenvalue weighted by Gasteiger charge is -2.01. The molecule has 0 spiro atoms. The summed E-state index contributed by atoms with van der Waals surface area (Å²) in [4.78, 5) is 0. The Hall–Kier alpha value is -0.483. The summed E-state index contributed by atoms with van der Waals surface area (Å²) >= 11 is 0. The van der Waals surface area contributed by atoms with Crippen molar-refractivity contribution in [1.29, 1.82) is 0 Å². The Morgan fingerprint density at radius 1 is 1.38 bits per heavy atom. The smallest absolute Gasteiger partial charge is 0.127 e. The molecule has 0 aromatic carbocycles. The SMILES string of the molecule is [C]=CC#C[Si](C)(C)C. The highest BCUT2D eigenvalue weighted by Crippen LogP contribution is 1.95. The van der Waals surface area contributed by atoms with Gasteiger partial charge in [-0.25, -0.2) is 0 Å². The molecule has 0 aromatic heterocycles. The third-order valence-electron chi connectivity index (χ3n) is 0.519. The molecular formula is C7H10Si. The van der Waals surface area contributed by atoms with Crippen LogP contribution in [0.25, 0.3) is 0 Å². The molecule has 0 aliphatic carbocycles. The zero-order valence-electron chi connectivity index (χ0n) is 5.58. The molecule has 0 bridgehead atoms. The first-order valence-corrected chi connectivity index (χ1v) is 6.08. The summed E-state index contributed by atoms with van der Waals surface area (Å²) in [6.45, 7) is 13.1. The molecule has 0 aliphatic rings. The fourth-order valence-electron chi connectivity index (χ4n) is 0.253. The Balaban J connectivity index is 3.87. The van der Waals surface area contributed by atoms with Gasteiger partial charge in [0.1, 0.15) is 8.07 Å². The molecule has 0 amide bonds. The van der Waals surface area contributed by atoms with Gasteiger partial charge in [-0.2, -0.15) is 0 Å². The Bertz CT molecular complexity index is 129. The van der Waals surface area contributed by atoms with E-state index in [4.69, 9.17) is 6.58 Å². The first kappa shape index (κ1) is 7.52. The van der Waals surface area contributed by atoms with E-state index < -0.39 is 8.07 Å². The average molecular weight is 122 g/mol. The summed E-state index contributed by atoms with van der Waals surface area (Å²) in [5.74, 6) is 2.64. The van der Waals surface area contributed by atoms with Crippen molar-refractivity contribution in [3.8, 4) is 11.5 Å². The van der Waals surface area contributed by atoms with Crippen molar-refractivity contribution in [3.05, 3.63) is 12.7 Å². The Labute approximate surface area is 52.6 Å². The fourth-order valence-corrected chi connectivity index (χ4v) is 0.758. The molecular weight excluding hydrogens is 112 g/mol. The van der Waals surface area contributed by atoms with Gasteiger partial charge >= 0.3 is 0 Å². The van der Waals surface area contributed by atoms with Crippen LogP contribution < -0.4 is 0 Å². The van der Waals surface area contributed by atoms with E-state index in [9.17, 15) is 0 Å². The Morgan fingerprint density at radius 3 is 2.00 bits per heavy atom. The maximum absolute atomic E-state index is 6.61. The molecule has 2 radical (unpaired) electrons. The minimum absolute atomic E-state index is 1.15. The van der Waals surface area contributed by atoms with Gasteiger partial charge in [-0.1, -0.05) is 25.6 Å². The van der Waals surface area contributed by atoms with Crippen LogP contribution in [0.3, 0.4) is 0 Å². The molecule has 0 aliphatic heterocycles. The highest BCUT2D eigenvalue weighted by molar-refractivity contribution is 6.83. The number of hydrogen-bond donors (Lipinski definition) is 0. The van der Waals surface area contributed by atoms with Crippen LogP contribution >= 0.6 is 0 Å². The maximum Gasteiger partial charge on any atom is 0.129 e. The molecule has 0 unspecified atom stereocenters. The molecule has 0 nitrogen and oxygen atoms in total. The lowest BCUT2D eigenvalue weighted by molar-refractivity contribution is 1.81. The summed E-state index contributed by atoms with van der Waals surface area (Å²) in [6.07, 6.45) is 1.15. The van der Waals surface area contributed by atoms with Gasteiger partial charge in [-0.3, -0.25) is 0 Å². The standard InChI is InChI=1S/C7H10Si/c1-5-6-7-8(2,3)4/h5H,2-4H3. The monoisotopic (exact) mass is 122 g/mol. The summed E-state index contributed by atoms with van der Waals surface area (Å²) < 4.78 is 0. The van der Waals surface area contributed by atoms with Gasteiger partial charge in [0.15, 0.2) is 0 Å². The zero-order chi connectivity index (χ0) is 6.62. The summed E-state index contributed by atoms with van der Waals surface area (Å²) in [6, 6.07) is 0. The Kier molecular flexibility index (Phi) is 2.57. The first-order valence-electron chi connectivity index (χ1n) is 2.58.